The molecule has 2 heterocycles. The van der Waals surface area contributed by atoms with Crippen molar-refractivity contribution in [1.82, 2.24) is 14.7 Å². The Labute approximate surface area is 172 Å². The zero-order chi connectivity index (χ0) is 21.0. The normalized spacial score (nSPS) is 10.9. The van der Waals surface area contributed by atoms with Crippen LogP contribution in [0.1, 0.15) is 26.5 Å². The van der Waals surface area contributed by atoms with Gasteiger partial charge in [-0.05, 0) is 48.9 Å². The Kier molecular flexibility index (Phi) is 5.91. The van der Waals surface area contributed by atoms with Crippen molar-refractivity contribution in [2.75, 3.05) is 11.2 Å². The third kappa shape index (κ3) is 5.16. The molecule has 0 fully saturated rings. The van der Waals surface area contributed by atoms with Gasteiger partial charge < -0.3 is 4.90 Å². The first-order chi connectivity index (χ1) is 13.8. The second-order valence-corrected chi connectivity index (χ2v) is 9.13. The van der Waals surface area contributed by atoms with Crippen molar-refractivity contribution in [3.05, 3.63) is 70.5 Å². The van der Waals surface area contributed by atoms with Crippen molar-refractivity contribution in [1.29, 1.82) is 5.26 Å². The Hall–Kier alpha value is -3.29. The average Bonchev–Trinajstić information content (AvgIpc) is 3.07. The minimum Gasteiger partial charge on any atom is -0.313 e. The van der Waals surface area contributed by atoms with E-state index in [1.807, 2.05) is 21.8 Å². The molecule has 10 heteroatoms. The van der Waals surface area contributed by atoms with Gasteiger partial charge in [-0.3, -0.25) is 9.78 Å². The van der Waals surface area contributed by atoms with E-state index >= 15 is 0 Å². The minimum atomic E-state index is -3.69. The summed E-state index contributed by atoms with van der Waals surface area (Å²) in [4.78, 5) is 23.2. The van der Waals surface area contributed by atoms with Crippen molar-refractivity contribution in [2.45, 2.75) is 13.5 Å². The van der Waals surface area contributed by atoms with Crippen LogP contribution in [-0.4, -0.2) is 30.5 Å². The van der Waals surface area contributed by atoms with Crippen molar-refractivity contribution < 1.29 is 13.2 Å². The molecule has 0 saturated heterocycles. The van der Waals surface area contributed by atoms with Crippen molar-refractivity contribution >= 4 is 38.1 Å². The summed E-state index contributed by atoms with van der Waals surface area (Å²) in [6, 6.07) is 12.8. The molecule has 1 amide bonds. The molecule has 2 aromatic heterocycles. The molecule has 0 aliphatic heterocycles. The molecule has 0 bridgehead atoms. The Bertz CT molecular complexity index is 1170. The number of nitrogens with zero attached hydrogens (tertiary/aromatic N) is 4. The van der Waals surface area contributed by atoms with E-state index in [2.05, 4.69) is 16.0 Å². The van der Waals surface area contributed by atoms with Crippen LogP contribution >= 0.6 is 11.3 Å². The Morgan fingerprint density at radius 2 is 1.86 bits per heavy atom. The molecule has 0 unspecified atom stereocenters. The first-order valence-corrected chi connectivity index (χ1v) is 11.1. The maximum Gasteiger partial charge on any atom is 0.284 e. The highest BCUT2D eigenvalue weighted by atomic mass is 32.2. The lowest BCUT2D eigenvalue weighted by atomic mass is 10.2. The molecule has 3 aromatic rings. The predicted octanol–water partition coefficient (Wildman–Crippen LogP) is 2.75. The fourth-order valence-corrected chi connectivity index (χ4v) is 3.94. The zero-order valence-electron chi connectivity index (χ0n) is 15.7. The molecular formula is C19H17N5O3S2. The van der Waals surface area contributed by atoms with Crippen LogP contribution in [0.4, 0.5) is 10.8 Å². The first-order valence-electron chi connectivity index (χ1n) is 8.43. The number of amides is 1. The fourth-order valence-electron chi connectivity index (χ4n) is 2.58. The van der Waals surface area contributed by atoms with Gasteiger partial charge in [0.25, 0.3) is 5.91 Å². The third-order valence-corrected chi connectivity index (χ3v) is 5.46. The van der Waals surface area contributed by atoms with Gasteiger partial charge >= 0.3 is 0 Å². The summed E-state index contributed by atoms with van der Waals surface area (Å²) in [6.07, 6.45) is 4.29. The van der Waals surface area contributed by atoms with Crippen LogP contribution in [-0.2, 0) is 16.6 Å². The van der Waals surface area contributed by atoms with Crippen LogP contribution in [0.2, 0.25) is 0 Å². The standard InChI is InChI=1S/C19H17N5O3S2/c1-13-17(18(25)23-29(2,26)27)22-19(28-13)24(12-15-7-9-21-10-8-15)16-5-3-14(11-20)4-6-16/h3-10H,12H2,1-2H3,(H,23,25). The van der Waals surface area contributed by atoms with Gasteiger partial charge in [-0.1, -0.05) is 0 Å². The molecule has 3 rings (SSSR count). The topological polar surface area (TPSA) is 116 Å². The third-order valence-electron chi connectivity index (χ3n) is 3.91. The highest BCUT2D eigenvalue weighted by molar-refractivity contribution is 7.89. The number of aromatic nitrogens is 2. The zero-order valence-corrected chi connectivity index (χ0v) is 17.3. The molecular weight excluding hydrogens is 410 g/mol. The molecule has 0 aliphatic carbocycles. The Balaban J connectivity index is 2.00. The van der Waals surface area contributed by atoms with Crippen LogP contribution < -0.4 is 9.62 Å². The van der Waals surface area contributed by atoms with Crippen LogP contribution in [0.5, 0.6) is 0 Å². The van der Waals surface area contributed by atoms with Gasteiger partial charge in [0.15, 0.2) is 5.13 Å². The molecule has 0 radical (unpaired) electrons. The molecule has 0 saturated carbocycles. The van der Waals surface area contributed by atoms with Crippen molar-refractivity contribution in [3.63, 3.8) is 0 Å². The van der Waals surface area contributed by atoms with E-state index in [1.54, 1.807) is 43.6 Å². The molecule has 29 heavy (non-hydrogen) atoms. The first kappa shape index (κ1) is 20.4. The number of hydrogen-bond donors (Lipinski definition) is 1. The second-order valence-electron chi connectivity index (χ2n) is 6.20. The van der Waals surface area contributed by atoms with Crippen LogP contribution in [0.15, 0.2) is 48.8 Å². The van der Waals surface area contributed by atoms with Crippen molar-refractivity contribution in [2.24, 2.45) is 0 Å². The number of rotatable bonds is 6. The smallest absolute Gasteiger partial charge is 0.284 e. The van der Waals surface area contributed by atoms with Gasteiger partial charge in [-0.25, -0.2) is 18.1 Å². The highest BCUT2D eigenvalue weighted by Gasteiger charge is 2.22. The van der Waals surface area contributed by atoms with Gasteiger partial charge in [0.05, 0.1) is 24.4 Å². The molecule has 0 atom stereocenters. The maximum absolute atomic E-state index is 12.3. The van der Waals surface area contributed by atoms with Gasteiger partial charge in [-0.15, -0.1) is 11.3 Å². The summed E-state index contributed by atoms with van der Waals surface area (Å²) in [6.45, 7) is 2.16. The monoisotopic (exact) mass is 427 g/mol. The Morgan fingerprint density at radius 1 is 1.21 bits per heavy atom. The van der Waals surface area contributed by atoms with E-state index in [9.17, 15) is 13.2 Å². The lowest BCUT2D eigenvalue weighted by molar-refractivity contribution is 0.0977. The summed E-state index contributed by atoms with van der Waals surface area (Å²) in [7, 11) is -3.69. The van der Waals surface area contributed by atoms with E-state index in [4.69, 9.17) is 5.26 Å². The summed E-state index contributed by atoms with van der Waals surface area (Å²) in [5.41, 5.74) is 2.34. The van der Waals surface area contributed by atoms with Crippen molar-refractivity contribution in [3.8, 4) is 6.07 Å². The molecule has 0 aliphatic rings. The summed E-state index contributed by atoms with van der Waals surface area (Å²) < 4.78 is 24.7. The van der Waals surface area contributed by atoms with Gasteiger partial charge in [-0.2, -0.15) is 5.26 Å². The number of thiazole rings is 1. The number of nitriles is 1. The summed E-state index contributed by atoms with van der Waals surface area (Å²) >= 11 is 1.28. The number of aryl methyl sites for hydroxylation is 1. The largest absolute Gasteiger partial charge is 0.313 e. The van der Waals surface area contributed by atoms with E-state index < -0.39 is 15.9 Å². The average molecular weight is 428 g/mol. The number of nitrogens with one attached hydrogen (secondary N) is 1. The number of carbonyl (C=O) groups excluding carboxylic acids is 1. The Morgan fingerprint density at radius 3 is 2.45 bits per heavy atom. The second kappa shape index (κ2) is 8.38. The number of carbonyl (C=O) groups is 1. The number of pyridine rings is 1. The summed E-state index contributed by atoms with van der Waals surface area (Å²) in [5.74, 6) is -0.767. The number of sulfonamides is 1. The van der Waals surface area contributed by atoms with Crippen LogP contribution in [0, 0.1) is 18.3 Å². The van der Waals surface area contributed by atoms with E-state index in [-0.39, 0.29) is 5.69 Å². The predicted molar refractivity (Wildman–Crippen MR) is 110 cm³/mol. The lowest BCUT2D eigenvalue weighted by Crippen LogP contribution is -2.30. The van der Waals surface area contributed by atoms with E-state index in [0.29, 0.717) is 22.1 Å². The molecule has 8 nitrogen and oxygen atoms in total. The van der Waals surface area contributed by atoms with Gasteiger partial charge in [0.1, 0.15) is 5.69 Å². The van der Waals surface area contributed by atoms with E-state index in [1.165, 1.54) is 11.3 Å². The molecule has 1 N–H and O–H groups in total. The highest BCUT2D eigenvalue weighted by Crippen LogP contribution is 2.33. The van der Waals surface area contributed by atoms with E-state index in [0.717, 1.165) is 17.5 Å². The lowest BCUT2D eigenvalue weighted by Gasteiger charge is -2.22. The molecule has 0 spiro atoms. The van der Waals surface area contributed by atoms with Crippen LogP contribution in [0.3, 0.4) is 0 Å². The molecule has 148 valence electrons. The minimum absolute atomic E-state index is 0.0591. The van der Waals surface area contributed by atoms with Gasteiger partial charge in [0.2, 0.25) is 10.0 Å². The van der Waals surface area contributed by atoms with Gasteiger partial charge in [0, 0.05) is 23.0 Å². The molecule has 1 aromatic carbocycles. The summed E-state index contributed by atoms with van der Waals surface area (Å²) in [5, 5.41) is 9.57. The SMILES string of the molecule is Cc1sc(N(Cc2ccncc2)c2ccc(C#N)cc2)nc1C(=O)NS(C)(=O)=O. The number of anilines is 2. The number of hydrogen-bond acceptors (Lipinski definition) is 8. The quantitative estimate of drug-likeness (QED) is 0.643. The number of benzene rings is 1. The van der Waals surface area contributed by atoms with Crippen LogP contribution in [0.25, 0.3) is 0 Å². The fraction of sp³-hybridized carbons (Fsp3) is 0.158. The maximum atomic E-state index is 12.3.